The Morgan fingerprint density at radius 1 is 1.14 bits per heavy atom. The first-order chi connectivity index (χ1) is 13.9. The van der Waals surface area contributed by atoms with Crippen LogP contribution in [0, 0.1) is 6.92 Å². The van der Waals surface area contributed by atoms with Crippen LogP contribution >= 0.6 is 0 Å². The van der Waals surface area contributed by atoms with Crippen molar-refractivity contribution < 1.29 is 14.6 Å². The van der Waals surface area contributed by atoms with E-state index < -0.39 is 0 Å². The van der Waals surface area contributed by atoms with Gasteiger partial charge in [0.1, 0.15) is 11.5 Å². The molecule has 5 nitrogen and oxygen atoms in total. The van der Waals surface area contributed by atoms with E-state index in [0.717, 1.165) is 21.9 Å². The van der Waals surface area contributed by atoms with Crippen LogP contribution in [0.5, 0.6) is 11.5 Å². The van der Waals surface area contributed by atoms with Gasteiger partial charge in [0.2, 0.25) is 0 Å². The highest BCUT2D eigenvalue weighted by Gasteiger charge is 2.12. The van der Waals surface area contributed by atoms with E-state index in [1.54, 1.807) is 13.0 Å². The molecule has 0 unspecified atom stereocenters. The topological polar surface area (TPSA) is 70.9 Å². The summed E-state index contributed by atoms with van der Waals surface area (Å²) in [6.45, 7) is 7.76. The van der Waals surface area contributed by atoms with E-state index >= 15 is 0 Å². The summed E-state index contributed by atoms with van der Waals surface area (Å²) >= 11 is 0. The zero-order valence-electron chi connectivity index (χ0n) is 17.2. The van der Waals surface area contributed by atoms with Crippen LogP contribution in [-0.4, -0.2) is 23.3 Å². The lowest BCUT2D eigenvalue weighted by atomic mass is 10.0. The minimum Gasteiger partial charge on any atom is -0.507 e. The SMILES string of the molecule is CC(=NNC(=O)COc1cc(C)ccc1C(C)C)c1ccc2ccccc2c1O. The number of hydrogen-bond donors (Lipinski definition) is 2. The molecule has 3 rings (SSSR count). The first kappa shape index (κ1) is 20.4. The summed E-state index contributed by atoms with van der Waals surface area (Å²) in [5, 5.41) is 16.3. The van der Waals surface area contributed by atoms with Crippen LogP contribution in [0.15, 0.2) is 59.7 Å². The number of phenolic OH excluding ortho intramolecular Hbond substituents is 1. The molecule has 0 radical (unpaired) electrons. The van der Waals surface area contributed by atoms with E-state index in [1.807, 2.05) is 55.5 Å². The summed E-state index contributed by atoms with van der Waals surface area (Å²) in [7, 11) is 0. The first-order valence-electron chi connectivity index (χ1n) is 9.64. The maximum atomic E-state index is 12.2. The molecule has 0 saturated carbocycles. The zero-order valence-corrected chi connectivity index (χ0v) is 17.2. The van der Waals surface area contributed by atoms with Crippen molar-refractivity contribution in [3.05, 3.63) is 71.3 Å². The molecule has 0 fully saturated rings. The number of amides is 1. The molecule has 0 heterocycles. The maximum Gasteiger partial charge on any atom is 0.277 e. The van der Waals surface area contributed by atoms with Crippen LogP contribution in [0.3, 0.4) is 0 Å². The number of carbonyl (C=O) groups is 1. The van der Waals surface area contributed by atoms with Crippen LogP contribution in [0.25, 0.3) is 10.8 Å². The van der Waals surface area contributed by atoms with Crippen molar-refractivity contribution in [1.82, 2.24) is 5.43 Å². The van der Waals surface area contributed by atoms with Crippen LogP contribution in [0.4, 0.5) is 0 Å². The average Bonchev–Trinajstić information content (AvgIpc) is 2.70. The van der Waals surface area contributed by atoms with Gasteiger partial charge in [-0.25, -0.2) is 5.43 Å². The maximum absolute atomic E-state index is 12.2. The molecule has 5 heteroatoms. The molecule has 0 aliphatic carbocycles. The third-order valence-corrected chi connectivity index (χ3v) is 4.79. The summed E-state index contributed by atoms with van der Waals surface area (Å²) in [5.41, 5.74) is 5.73. The summed E-state index contributed by atoms with van der Waals surface area (Å²) < 4.78 is 5.73. The van der Waals surface area contributed by atoms with Gasteiger partial charge in [0, 0.05) is 10.9 Å². The molecule has 0 spiro atoms. The van der Waals surface area contributed by atoms with Gasteiger partial charge < -0.3 is 9.84 Å². The van der Waals surface area contributed by atoms with Crippen LogP contribution in [0.2, 0.25) is 0 Å². The van der Waals surface area contributed by atoms with Crippen molar-refractivity contribution in [1.29, 1.82) is 0 Å². The number of hydrazone groups is 1. The van der Waals surface area contributed by atoms with E-state index in [2.05, 4.69) is 24.4 Å². The Balaban J connectivity index is 1.68. The molecule has 0 aliphatic rings. The molecule has 0 aromatic heterocycles. The van der Waals surface area contributed by atoms with Gasteiger partial charge >= 0.3 is 0 Å². The second-order valence-electron chi connectivity index (χ2n) is 7.40. The highest BCUT2D eigenvalue weighted by atomic mass is 16.5. The van der Waals surface area contributed by atoms with Gasteiger partial charge in [-0.3, -0.25) is 4.79 Å². The summed E-state index contributed by atoms with van der Waals surface area (Å²) in [6.07, 6.45) is 0. The van der Waals surface area contributed by atoms with Crippen molar-refractivity contribution in [3.8, 4) is 11.5 Å². The number of aromatic hydroxyl groups is 1. The van der Waals surface area contributed by atoms with Gasteiger partial charge in [-0.05, 0) is 48.4 Å². The molecular formula is C24H26N2O3. The minimum atomic E-state index is -0.360. The Morgan fingerprint density at radius 3 is 2.66 bits per heavy atom. The van der Waals surface area contributed by atoms with Crippen molar-refractivity contribution in [2.75, 3.05) is 6.61 Å². The fraction of sp³-hybridized carbons (Fsp3) is 0.250. The standard InChI is InChI=1S/C24H26N2O3/c1-15(2)19-11-9-16(3)13-22(19)29-14-23(27)26-25-17(4)20-12-10-18-7-5-6-8-21(18)24(20)28/h5-13,15,28H,14H2,1-4H3,(H,26,27). The average molecular weight is 390 g/mol. The van der Waals surface area contributed by atoms with Crippen LogP contribution < -0.4 is 10.2 Å². The lowest BCUT2D eigenvalue weighted by molar-refractivity contribution is -0.123. The normalized spacial score (nSPS) is 11.7. The number of fused-ring (bicyclic) bond motifs is 1. The Hall–Kier alpha value is -3.34. The van der Waals surface area contributed by atoms with Gasteiger partial charge in [-0.15, -0.1) is 0 Å². The molecule has 0 saturated heterocycles. The zero-order chi connectivity index (χ0) is 21.0. The lowest BCUT2D eigenvalue weighted by Gasteiger charge is -2.14. The van der Waals surface area contributed by atoms with Gasteiger partial charge in [0.05, 0.1) is 5.71 Å². The number of aryl methyl sites for hydroxylation is 1. The van der Waals surface area contributed by atoms with E-state index in [0.29, 0.717) is 22.9 Å². The van der Waals surface area contributed by atoms with Gasteiger partial charge in [-0.2, -0.15) is 5.10 Å². The third kappa shape index (κ3) is 4.74. The molecule has 29 heavy (non-hydrogen) atoms. The van der Waals surface area contributed by atoms with Crippen molar-refractivity contribution in [3.63, 3.8) is 0 Å². The van der Waals surface area contributed by atoms with Crippen LogP contribution in [-0.2, 0) is 4.79 Å². The Morgan fingerprint density at radius 2 is 1.90 bits per heavy atom. The highest BCUT2D eigenvalue weighted by Crippen LogP contribution is 2.29. The number of nitrogens with one attached hydrogen (secondary N) is 1. The Labute approximate surface area is 171 Å². The number of carbonyl (C=O) groups excluding carboxylic acids is 1. The number of phenols is 1. The molecule has 3 aromatic rings. The van der Waals surface area contributed by atoms with Crippen molar-refractivity contribution in [2.45, 2.75) is 33.6 Å². The number of hydrogen-bond acceptors (Lipinski definition) is 4. The number of rotatable bonds is 6. The second-order valence-corrected chi connectivity index (χ2v) is 7.40. The number of ether oxygens (including phenoxy) is 1. The van der Waals surface area contributed by atoms with Gasteiger partial charge in [-0.1, -0.05) is 56.3 Å². The van der Waals surface area contributed by atoms with E-state index in [-0.39, 0.29) is 18.3 Å². The quantitative estimate of drug-likeness (QED) is 0.465. The second kappa shape index (κ2) is 8.78. The molecule has 3 aromatic carbocycles. The number of benzene rings is 3. The van der Waals surface area contributed by atoms with E-state index in [4.69, 9.17) is 4.74 Å². The van der Waals surface area contributed by atoms with Crippen molar-refractivity contribution >= 4 is 22.4 Å². The fourth-order valence-corrected chi connectivity index (χ4v) is 3.17. The fourth-order valence-electron chi connectivity index (χ4n) is 3.17. The summed E-state index contributed by atoms with van der Waals surface area (Å²) in [6, 6.07) is 17.3. The predicted octanol–water partition coefficient (Wildman–Crippen LogP) is 4.90. The molecule has 0 atom stereocenters. The first-order valence-corrected chi connectivity index (χ1v) is 9.64. The molecule has 0 aliphatic heterocycles. The predicted molar refractivity (Wildman–Crippen MR) is 117 cm³/mol. The van der Waals surface area contributed by atoms with Gasteiger partial charge in [0.15, 0.2) is 6.61 Å². The Kier molecular flexibility index (Phi) is 6.17. The van der Waals surface area contributed by atoms with Crippen molar-refractivity contribution in [2.24, 2.45) is 5.10 Å². The van der Waals surface area contributed by atoms with Gasteiger partial charge in [0.25, 0.3) is 5.91 Å². The molecule has 150 valence electrons. The molecule has 0 bridgehead atoms. The van der Waals surface area contributed by atoms with E-state index in [9.17, 15) is 9.90 Å². The lowest BCUT2D eigenvalue weighted by Crippen LogP contribution is -2.26. The largest absolute Gasteiger partial charge is 0.507 e. The number of nitrogens with zero attached hydrogens (tertiary/aromatic N) is 1. The Bertz CT molecular complexity index is 1070. The monoisotopic (exact) mass is 390 g/mol. The van der Waals surface area contributed by atoms with Crippen LogP contribution in [0.1, 0.15) is 43.4 Å². The summed E-state index contributed by atoms with van der Waals surface area (Å²) in [4.78, 5) is 12.2. The van der Waals surface area contributed by atoms with E-state index in [1.165, 1.54) is 0 Å². The molecule has 1 amide bonds. The minimum absolute atomic E-state index is 0.135. The molecule has 2 N–H and O–H groups in total. The highest BCUT2D eigenvalue weighted by molar-refractivity contribution is 6.06. The smallest absolute Gasteiger partial charge is 0.277 e. The summed E-state index contributed by atoms with van der Waals surface area (Å²) in [5.74, 6) is 0.796. The third-order valence-electron chi connectivity index (χ3n) is 4.79. The molecular weight excluding hydrogens is 364 g/mol.